The normalized spacial score (nSPS) is 11.1. The fourth-order valence-corrected chi connectivity index (χ4v) is 2.97. The van der Waals surface area contributed by atoms with Crippen molar-refractivity contribution < 1.29 is 0 Å². The molecule has 8 heteroatoms. The summed E-state index contributed by atoms with van der Waals surface area (Å²) < 4.78 is 4.41. The molecule has 130 valence electrons. The molecule has 0 N–H and O–H groups in total. The van der Waals surface area contributed by atoms with Crippen molar-refractivity contribution in [2.75, 3.05) is 0 Å². The first kappa shape index (κ1) is 18.3. The van der Waals surface area contributed by atoms with Gasteiger partial charge in [0.1, 0.15) is 0 Å². The van der Waals surface area contributed by atoms with E-state index in [2.05, 4.69) is 4.98 Å². The van der Waals surface area contributed by atoms with Crippen LogP contribution in [-0.4, -0.2) is 18.7 Å². The number of nitrogens with zero attached hydrogens (tertiary/aromatic N) is 5. The third kappa shape index (κ3) is 3.39. The number of halogens is 1. The smallest absolute Gasteiger partial charge is 0.309 e. The summed E-state index contributed by atoms with van der Waals surface area (Å²) in [5.41, 5.74) is -0.0341. The van der Waals surface area contributed by atoms with Gasteiger partial charge in [0.05, 0.1) is 6.07 Å². The van der Waals surface area contributed by atoms with Crippen LogP contribution in [-0.2, 0) is 19.6 Å². The molecule has 0 bridgehead atoms. The molecule has 0 radical (unpaired) electrons. The van der Waals surface area contributed by atoms with Crippen molar-refractivity contribution >= 4 is 22.8 Å². The SMILES string of the molecule is CCCCn1c(=O)n(CCCC#N)c(=O)c2c1nc(Cl)n2CCC. The summed E-state index contributed by atoms with van der Waals surface area (Å²) in [6, 6.07) is 2.04. The van der Waals surface area contributed by atoms with Crippen LogP contribution in [0.1, 0.15) is 46.0 Å². The number of nitriles is 1. The zero-order valence-corrected chi connectivity index (χ0v) is 14.8. The summed E-state index contributed by atoms with van der Waals surface area (Å²) in [4.78, 5) is 29.8. The summed E-state index contributed by atoms with van der Waals surface area (Å²) in [5.74, 6) is 0. The number of hydrogen-bond acceptors (Lipinski definition) is 4. The van der Waals surface area contributed by atoms with Crippen LogP contribution in [0.25, 0.3) is 11.2 Å². The molecule has 0 spiro atoms. The monoisotopic (exact) mass is 351 g/mol. The fourth-order valence-electron chi connectivity index (χ4n) is 2.72. The molecule has 0 aliphatic carbocycles. The summed E-state index contributed by atoms with van der Waals surface area (Å²) in [5, 5.41) is 8.92. The van der Waals surface area contributed by atoms with Gasteiger partial charge >= 0.3 is 5.69 Å². The molecule has 0 aromatic carbocycles. The van der Waals surface area contributed by atoms with Crippen molar-refractivity contribution in [3.05, 3.63) is 26.1 Å². The highest BCUT2D eigenvalue weighted by atomic mass is 35.5. The van der Waals surface area contributed by atoms with E-state index < -0.39 is 0 Å². The molecule has 0 amide bonds. The second-order valence-electron chi connectivity index (χ2n) is 5.71. The Kier molecular flexibility index (Phi) is 6.21. The van der Waals surface area contributed by atoms with Gasteiger partial charge in [-0.15, -0.1) is 0 Å². The van der Waals surface area contributed by atoms with Crippen molar-refractivity contribution in [3.8, 4) is 6.07 Å². The molecule has 24 heavy (non-hydrogen) atoms. The molecule has 0 saturated heterocycles. The average molecular weight is 352 g/mol. The van der Waals surface area contributed by atoms with Crippen LogP contribution < -0.4 is 11.2 Å². The van der Waals surface area contributed by atoms with Crippen LogP contribution in [0.3, 0.4) is 0 Å². The van der Waals surface area contributed by atoms with Crippen LogP contribution >= 0.6 is 11.6 Å². The largest absolute Gasteiger partial charge is 0.332 e. The molecule has 0 unspecified atom stereocenters. The molecule has 0 aliphatic rings. The van der Waals surface area contributed by atoms with Gasteiger partial charge in [-0.2, -0.15) is 10.2 Å². The zero-order valence-electron chi connectivity index (χ0n) is 14.1. The number of hydrogen-bond donors (Lipinski definition) is 0. The van der Waals surface area contributed by atoms with Crippen molar-refractivity contribution in [1.82, 2.24) is 18.7 Å². The second kappa shape index (κ2) is 8.15. The number of rotatable bonds is 8. The first-order valence-corrected chi connectivity index (χ1v) is 8.70. The molecular weight excluding hydrogens is 330 g/mol. The minimum absolute atomic E-state index is 0.224. The van der Waals surface area contributed by atoms with E-state index in [0.29, 0.717) is 37.1 Å². The fraction of sp³-hybridized carbons (Fsp3) is 0.625. The molecule has 2 heterocycles. The van der Waals surface area contributed by atoms with Gasteiger partial charge in [0.15, 0.2) is 11.2 Å². The maximum Gasteiger partial charge on any atom is 0.332 e. The van der Waals surface area contributed by atoms with Gasteiger partial charge in [-0.25, -0.2) is 4.79 Å². The summed E-state index contributed by atoms with van der Waals surface area (Å²) in [7, 11) is 0. The van der Waals surface area contributed by atoms with E-state index in [1.54, 1.807) is 4.57 Å². The first-order valence-electron chi connectivity index (χ1n) is 8.33. The standard InChI is InChI=1S/C16H22ClN5O2/c1-3-5-10-21-13-12(20(9-4-2)15(17)19-13)14(23)22(16(21)24)11-7-6-8-18/h3-7,9-11H2,1-2H3. The molecule has 7 nitrogen and oxygen atoms in total. The Morgan fingerprint density at radius 2 is 1.75 bits per heavy atom. The summed E-state index contributed by atoms with van der Waals surface area (Å²) in [6.07, 6.45) is 3.29. The lowest BCUT2D eigenvalue weighted by Crippen LogP contribution is -2.40. The lowest BCUT2D eigenvalue weighted by Gasteiger charge is -2.11. The Balaban J connectivity index is 2.72. The van der Waals surface area contributed by atoms with Crippen LogP contribution in [0.2, 0.25) is 5.28 Å². The van der Waals surface area contributed by atoms with Gasteiger partial charge in [0, 0.05) is 26.1 Å². The Morgan fingerprint density at radius 3 is 2.38 bits per heavy atom. The Morgan fingerprint density at radius 1 is 1.04 bits per heavy atom. The van der Waals surface area contributed by atoms with Gasteiger partial charge < -0.3 is 4.57 Å². The van der Waals surface area contributed by atoms with Crippen LogP contribution in [0, 0.1) is 11.3 Å². The van der Waals surface area contributed by atoms with Gasteiger partial charge in [-0.3, -0.25) is 13.9 Å². The number of aromatic nitrogens is 4. The minimum Gasteiger partial charge on any atom is -0.309 e. The topological polar surface area (TPSA) is 85.6 Å². The van der Waals surface area contributed by atoms with E-state index in [-0.39, 0.29) is 23.1 Å². The first-order chi connectivity index (χ1) is 11.6. The molecule has 0 fully saturated rings. The predicted octanol–water partition coefficient (Wildman–Crippen LogP) is 2.53. The van der Waals surface area contributed by atoms with Crippen molar-refractivity contribution in [2.24, 2.45) is 0 Å². The lowest BCUT2D eigenvalue weighted by molar-refractivity contribution is 0.534. The molecule has 2 rings (SSSR count). The Bertz CT molecular complexity index is 872. The number of aryl methyl sites for hydroxylation is 2. The highest BCUT2D eigenvalue weighted by Gasteiger charge is 2.20. The maximum absolute atomic E-state index is 12.8. The highest BCUT2D eigenvalue weighted by Crippen LogP contribution is 2.17. The molecule has 0 saturated carbocycles. The second-order valence-corrected chi connectivity index (χ2v) is 6.05. The number of unbranched alkanes of at least 4 members (excludes halogenated alkanes) is 2. The number of fused-ring (bicyclic) bond motifs is 1. The third-order valence-electron chi connectivity index (χ3n) is 3.92. The maximum atomic E-state index is 12.8. The van der Waals surface area contributed by atoms with Crippen LogP contribution in [0.15, 0.2) is 9.59 Å². The minimum atomic E-state index is -0.381. The van der Waals surface area contributed by atoms with E-state index in [1.807, 2.05) is 19.9 Å². The molecule has 2 aromatic rings. The predicted molar refractivity (Wildman–Crippen MR) is 93.3 cm³/mol. The van der Waals surface area contributed by atoms with Gasteiger partial charge in [-0.05, 0) is 30.9 Å². The lowest BCUT2D eigenvalue weighted by atomic mass is 10.3. The summed E-state index contributed by atoms with van der Waals surface area (Å²) >= 11 is 6.20. The molecular formula is C16H22ClN5O2. The summed E-state index contributed by atoms with van der Waals surface area (Å²) in [6.45, 7) is 5.30. The highest BCUT2D eigenvalue weighted by molar-refractivity contribution is 6.29. The number of imidazole rings is 1. The zero-order chi connectivity index (χ0) is 17.7. The van der Waals surface area contributed by atoms with Gasteiger partial charge in [0.25, 0.3) is 5.56 Å². The van der Waals surface area contributed by atoms with E-state index in [4.69, 9.17) is 16.9 Å². The third-order valence-corrected chi connectivity index (χ3v) is 4.21. The van der Waals surface area contributed by atoms with Crippen molar-refractivity contribution in [2.45, 2.75) is 65.6 Å². The Hall–Kier alpha value is -2.07. The Labute approximate surface area is 145 Å². The molecule has 0 atom stereocenters. The van der Waals surface area contributed by atoms with E-state index in [9.17, 15) is 9.59 Å². The van der Waals surface area contributed by atoms with Crippen molar-refractivity contribution in [3.63, 3.8) is 0 Å². The van der Waals surface area contributed by atoms with Crippen LogP contribution in [0.5, 0.6) is 0 Å². The molecule has 0 aliphatic heterocycles. The van der Waals surface area contributed by atoms with Crippen LogP contribution in [0.4, 0.5) is 0 Å². The van der Waals surface area contributed by atoms with E-state index >= 15 is 0 Å². The quantitative estimate of drug-likeness (QED) is 0.540. The average Bonchev–Trinajstić information content (AvgIpc) is 2.88. The van der Waals surface area contributed by atoms with Gasteiger partial charge in [-0.1, -0.05) is 20.3 Å². The van der Waals surface area contributed by atoms with Crippen molar-refractivity contribution in [1.29, 1.82) is 5.26 Å². The molecule has 2 aromatic heterocycles. The van der Waals surface area contributed by atoms with E-state index in [1.165, 1.54) is 9.13 Å². The van der Waals surface area contributed by atoms with Gasteiger partial charge in [0.2, 0.25) is 5.28 Å². The van der Waals surface area contributed by atoms with E-state index in [0.717, 1.165) is 19.3 Å².